The van der Waals surface area contributed by atoms with Gasteiger partial charge in [-0.05, 0) is 31.4 Å². The standard InChI is InChI=1S/C14H16ClN3S/c1-2-11-13(8-16-10-4-5-10)19-14(18-11)12-6-3-9(15)7-17-12/h3,6-7,10,16H,2,4-5,8H2,1H3. The van der Waals surface area contributed by atoms with Gasteiger partial charge in [0.05, 0.1) is 16.4 Å². The predicted molar refractivity (Wildman–Crippen MR) is 79.6 cm³/mol. The summed E-state index contributed by atoms with van der Waals surface area (Å²) >= 11 is 7.60. The van der Waals surface area contributed by atoms with Crippen LogP contribution in [-0.2, 0) is 13.0 Å². The fourth-order valence-corrected chi connectivity index (χ4v) is 3.12. The topological polar surface area (TPSA) is 37.8 Å². The van der Waals surface area contributed by atoms with Gasteiger partial charge in [-0.2, -0.15) is 0 Å². The quantitative estimate of drug-likeness (QED) is 0.914. The van der Waals surface area contributed by atoms with Gasteiger partial charge in [0.2, 0.25) is 0 Å². The van der Waals surface area contributed by atoms with Gasteiger partial charge in [-0.3, -0.25) is 4.98 Å². The van der Waals surface area contributed by atoms with Crippen molar-refractivity contribution in [2.24, 2.45) is 0 Å². The van der Waals surface area contributed by atoms with E-state index in [2.05, 4.69) is 17.2 Å². The van der Waals surface area contributed by atoms with E-state index in [0.29, 0.717) is 5.02 Å². The first kappa shape index (κ1) is 13.0. The Kier molecular flexibility index (Phi) is 3.82. The third kappa shape index (κ3) is 3.14. The molecule has 0 radical (unpaired) electrons. The summed E-state index contributed by atoms with van der Waals surface area (Å²) in [6.07, 6.45) is 5.26. The number of thiazole rings is 1. The van der Waals surface area contributed by atoms with Crippen molar-refractivity contribution in [3.63, 3.8) is 0 Å². The largest absolute Gasteiger partial charge is 0.309 e. The van der Waals surface area contributed by atoms with Crippen LogP contribution in [0, 0.1) is 0 Å². The molecule has 3 nitrogen and oxygen atoms in total. The molecule has 5 heteroatoms. The Bertz CT molecular complexity index is 561. The summed E-state index contributed by atoms with van der Waals surface area (Å²) in [4.78, 5) is 10.4. The minimum absolute atomic E-state index is 0.659. The maximum Gasteiger partial charge on any atom is 0.142 e. The van der Waals surface area contributed by atoms with Crippen LogP contribution in [0.15, 0.2) is 18.3 Å². The van der Waals surface area contributed by atoms with Gasteiger partial charge in [0.1, 0.15) is 5.01 Å². The first-order valence-electron chi connectivity index (χ1n) is 6.60. The average molecular weight is 294 g/mol. The van der Waals surface area contributed by atoms with Crippen LogP contribution in [0.5, 0.6) is 0 Å². The summed E-state index contributed by atoms with van der Waals surface area (Å²) in [5, 5.41) is 5.20. The van der Waals surface area contributed by atoms with Gasteiger partial charge in [0, 0.05) is 23.7 Å². The molecule has 0 spiro atoms. The van der Waals surface area contributed by atoms with Crippen molar-refractivity contribution < 1.29 is 0 Å². The molecule has 0 aromatic carbocycles. The summed E-state index contributed by atoms with van der Waals surface area (Å²) in [7, 11) is 0. The highest BCUT2D eigenvalue weighted by atomic mass is 35.5. The molecular formula is C14H16ClN3S. The molecule has 2 aromatic heterocycles. The molecule has 0 atom stereocenters. The Morgan fingerprint density at radius 2 is 2.26 bits per heavy atom. The number of aryl methyl sites for hydroxylation is 1. The lowest BCUT2D eigenvalue weighted by Crippen LogP contribution is -2.15. The number of nitrogens with one attached hydrogen (secondary N) is 1. The van der Waals surface area contributed by atoms with Crippen LogP contribution in [0.3, 0.4) is 0 Å². The maximum absolute atomic E-state index is 5.86. The molecule has 2 heterocycles. The highest BCUT2D eigenvalue weighted by Crippen LogP contribution is 2.29. The summed E-state index contributed by atoms with van der Waals surface area (Å²) in [5.74, 6) is 0. The Balaban J connectivity index is 1.82. The second-order valence-corrected chi connectivity index (χ2v) is 6.28. The number of hydrogen-bond donors (Lipinski definition) is 1. The molecule has 100 valence electrons. The lowest BCUT2D eigenvalue weighted by Gasteiger charge is -2.00. The zero-order valence-corrected chi connectivity index (χ0v) is 12.4. The van der Waals surface area contributed by atoms with E-state index in [1.54, 1.807) is 17.5 Å². The van der Waals surface area contributed by atoms with Crippen LogP contribution in [0.25, 0.3) is 10.7 Å². The van der Waals surface area contributed by atoms with Crippen molar-refractivity contribution in [1.82, 2.24) is 15.3 Å². The van der Waals surface area contributed by atoms with Crippen molar-refractivity contribution in [2.45, 2.75) is 38.8 Å². The molecule has 1 saturated carbocycles. The number of pyridine rings is 1. The zero-order valence-electron chi connectivity index (χ0n) is 10.8. The van der Waals surface area contributed by atoms with Crippen LogP contribution >= 0.6 is 22.9 Å². The smallest absolute Gasteiger partial charge is 0.142 e. The first-order valence-corrected chi connectivity index (χ1v) is 7.79. The molecule has 1 aliphatic rings. The molecule has 19 heavy (non-hydrogen) atoms. The van der Waals surface area contributed by atoms with E-state index in [-0.39, 0.29) is 0 Å². The molecule has 0 bridgehead atoms. The van der Waals surface area contributed by atoms with Crippen LogP contribution in [-0.4, -0.2) is 16.0 Å². The van der Waals surface area contributed by atoms with Crippen LogP contribution < -0.4 is 5.32 Å². The summed E-state index contributed by atoms with van der Waals surface area (Å²) in [6, 6.07) is 4.52. The summed E-state index contributed by atoms with van der Waals surface area (Å²) < 4.78 is 0. The fraction of sp³-hybridized carbons (Fsp3) is 0.429. The highest BCUT2D eigenvalue weighted by molar-refractivity contribution is 7.15. The number of rotatable bonds is 5. The minimum atomic E-state index is 0.659. The Hall–Kier alpha value is -0.970. The highest BCUT2D eigenvalue weighted by Gasteiger charge is 2.21. The molecule has 0 saturated heterocycles. The molecule has 1 aliphatic carbocycles. The second kappa shape index (κ2) is 5.57. The van der Waals surface area contributed by atoms with E-state index < -0.39 is 0 Å². The van der Waals surface area contributed by atoms with E-state index in [9.17, 15) is 0 Å². The van der Waals surface area contributed by atoms with Gasteiger partial charge >= 0.3 is 0 Å². The predicted octanol–water partition coefficient (Wildman–Crippen LogP) is 3.67. The number of halogens is 1. The molecule has 0 unspecified atom stereocenters. The number of aromatic nitrogens is 2. The molecular weight excluding hydrogens is 278 g/mol. The van der Waals surface area contributed by atoms with Gasteiger partial charge in [-0.15, -0.1) is 11.3 Å². The minimum Gasteiger partial charge on any atom is -0.309 e. The Morgan fingerprint density at radius 3 is 2.89 bits per heavy atom. The van der Waals surface area contributed by atoms with E-state index in [0.717, 1.165) is 29.7 Å². The molecule has 3 rings (SSSR count). The lowest BCUT2D eigenvalue weighted by atomic mass is 10.3. The molecule has 0 amide bonds. The van der Waals surface area contributed by atoms with Gasteiger partial charge in [-0.1, -0.05) is 18.5 Å². The molecule has 1 fully saturated rings. The number of hydrogen-bond acceptors (Lipinski definition) is 4. The van der Waals surface area contributed by atoms with Crippen molar-refractivity contribution in [3.05, 3.63) is 33.9 Å². The van der Waals surface area contributed by atoms with Crippen LogP contribution in [0.2, 0.25) is 5.02 Å². The van der Waals surface area contributed by atoms with Crippen molar-refractivity contribution >= 4 is 22.9 Å². The molecule has 1 N–H and O–H groups in total. The van der Waals surface area contributed by atoms with Gasteiger partial charge in [0.25, 0.3) is 0 Å². The van der Waals surface area contributed by atoms with E-state index >= 15 is 0 Å². The van der Waals surface area contributed by atoms with Crippen LogP contribution in [0.4, 0.5) is 0 Å². The monoisotopic (exact) mass is 293 g/mol. The Morgan fingerprint density at radius 1 is 1.42 bits per heavy atom. The van der Waals surface area contributed by atoms with E-state index in [1.165, 1.54) is 23.4 Å². The van der Waals surface area contributed by atoms with Gasteiger partial charge in [0.15, 0.2) is 0 Å². The van der Waals surface area contributed by atoms with Gasteiger partial charge in [-0.25, -0.2) is 4.98 Å². The first-order chi connectivity index (χ1) is 9.26. The maximum atomic E-state index is 5.86. The van der Waals surface area contributed by atoms with Crippen LogP contribution in [0.1, 0.15) is 30.3 Å². The average Bonchev–Trinajstić information content (AvgIpc) is 3.16. The van der Waals surface area contributed by atoms with E-state index in [4.69, 9.17) is 16.6 Å². The van der Waals surface area contributed by atoms with Crippen molar-refractivity contribution in [1.29, 1.82) is 0 Å². The number of nitrogens with zero attached hydrogens (tertiary/aromatic N) is 2. The molecule has 2 aromatic rings. The zero-order chi connectivity index (χ0) is 13.2. The van der Waals surface area contributed by atoms with Crippen molar-refractivity contribution in [2.75, 3.05) is 0 Å². The SMILES string of the molecule is CCc1nc(-c2ccc(Cl)cn2)sc1CNC1CC1. The lowest BCUT2D eigenvalue weighted by molar-refractivity contribution is 0.689. The van der Waals surface area contributed by atoms with Gasteiger partial charge < -0.3 is 5.32 Å². The second-order valence-electron chi connectivity index (χ2n) is 4.76. The molecule has 0 aliphatic heterocycles. The summed E-state index contributed by atoms with van der Waals surface area (Å²) in [5.41, 5.74) is 2.09. The Labute approximate surface area is 122 Å². The fourth-order valence-electron chi connectivity index (χ4n) is 1.93. The normalized spacial score (nSPS) is 14.8. The van der Waals surface area contributed by atoms with E-state index in [1.807, 2.05) is 12.1 Å². The summed E-state index contributed by atoms with van der Waals surface area (Å²) in [6.45, 7) is 3.08. The van der Waals surface area contributed by atoms with Crippen molar-refractivity contribution in [3.8, 4) is 10.7 Å². The third-order valence-electron chi connectivity index (χ3n) is 3.19. The third-order valence-corrected chi connectivity index (χ3v) is 4.53.